The molecule has 0 fully saturated rings. The van der Waals surface area contributed by atoms with E-state index in [-0.39, 0.29) is 17.5 Å². The maximum atomic E-state index is 12.2. The van der Waals surface area contributed by atoms with Gasteiger partial charge in [0.25, 0.3) is 0 Å². The molecule has 0 aliphatic carbocycles. The van der Waals surface area contributed by atoms with Gasteiger partial charge >= 0.3 is 5.97 Å². The van der Waals surface area contributed by atoms with Gasteiger partial charge in [-0.25, -0.2) is 0 Å². The van der Waals surface area contributed by atoms with E-state index < -0.39 is 18.1 Å². The highest BCUT2D eigenvalue weighted by Gasteiger charge is 2.30. The van der Waals surface area contributed by atoms with Gasteiger partial charge in [-0.1, -0.05) is 18.2 Å². The van der Waals surface area contributed by atoms with Crippen molar-refractivity contribution in [1.29, 1.82) is 0 Å². The van der Waals surface area contributed by atoms with Crippen LogP contribution in [0, 0.1) is 0 Å². The molecule has 7 heteroatoms. The first-order chi connectivity index (χ1) is 13.3. The Hall–Kier alpha value is -2.77. The second-order valence-corrected chi connectivity index (χ2v) is 6.65. The van der Waals surface area contributed by atoms with Crippen LogP contribution in [0.3, 0.4) is 0 Å². The smallest absolute Gasteiger partial charge is 0.325 e. The lowest BCUT2D eigenvalue weighted by molar-refractivity contribution is -0.146. The molecule has 0 heterocycles. The molecular formula is C21H27NO6. The van der Waals surface area contributed by atoms with E-state index in [1.54, 1.807) is 7.11 Å². The summed E-state index contributed by atoms with van der Waals surface area (Å²) < 4.78 is 9.96. The minimum atomic E-state index is -1.25. The van der Waals surface area contributed by atoms with E-state index in [9.17, 15) is 20.1 Å². The maximum absolute atomic E-state index is 12.2. The Morgan fingerprint density at radius 1 is 1.07 bits per heavy atom. The largest absolute Gasteiger partial charge is 0.504 e. The van der Waals surface area contributed by atoms with Crippen molar-refractivity contribution >= 4 is 5.97 Å². The van der Waals surface area contributed by atoms with Crippen molar-refractivity contribution in [3.63, 3.8) is 0 Å². The normalized spacial score (nSPS) is 14.1. The number of aromatic hydroxyl groups is 2. The van der Waals surface area contributed by atoms with Crippen LogP contribution < -0.4 is 10.1 Å². The monoisotopic (exact) mass is 389 g/mol. The van der Waals surface area contributed by atoms with Crippen LogP contribution in [0.4, 0.5) is 0 Å². The molecule has 0 radical (unpaired) electrons. The van der Waals surface area contributed by atoms with Gasteiger partial charge in [0.1, 0.15) is 17.9 Å². The molecule has 0 saturated heterocycles. The second kappa shape index (κ2) is 9.96. The average molecular weight is 389 g/mol. The third-order valence-corrected chi connectivity index (χ3v) is 4.60. The number of aliphatic hydroxyl groups is 1. The molecule has 28 heavy (non-hydrogen) atoms. The summed E-state index contributed by atoms with van der Waals surface area (Å²) in [6.07, 6.45) is 0.262. The van der Waals surface area contributed by atoms with Crippen molar-refractivity contribution in [2.24, 2.45) is 0 Å². The van der Waals surface area contributed by atoms with Crippen LogP contribution in [-0.2, 0) is 16.0 Å². The van der Waals surface area contributed by atoms with Crippen LogP contribution >= 0.6 is 0 Å². The van der Waals surface area contributed by atoms with Crippen LogP contribution in [0.2, 0.25) is 0 Å². The third kappa shape index (κ3) is 5.61. The number of phenolic OH excluding ortho intramolecular Hbond substituents is 2. The first-order valence-electron chi connectivity index (χ1n) is 9.02. The number of hydrogen-bond acceptors (Lipinski definition) is 7. The number of phenols is 2. The number of hydrogen-bond donors (Lipinski definition) is 4. The molecule has 7 nitrogen and oxygen atoms in total. The Morgan fingerprint density at radius 3 is 2.32 bits per heavy atom. The van der Waals surface area contributed by atoms with Crippen LogP contribution in [0.25, 0.3) is 0 Å². The Balaban J connectivity index is 2.03. The third-order valence-electron chi connectivity index (χ3n) is 4.60. The zero-order chi connectivity index (χ0) is 20.7. The van der Waals surface area contributed by atoms with Crippen molar-refractivity contribution in [3.8, 4) is 17.2 Å². The molecule has 2 rings (SSSR count). The lowest BCUT2D eigenvalue weighted by Gasteiger charge is -2.26. The number of nitrogens with one attached hydrogen (secondary N) is 1. The molecule has 0 bridgehead atoms. The Bertz CT molecular complexity index is 777. The van der Waals surface area contributed by atoms with Crippen LogP contribution in [-0.4, -0.2) is 47.6 Å². The highest BCUT2D eigenvalue weighted by Crippen LogP contribution is 2.29. The van der Waals surface area contributed by atoms with Crippen LogP contribution in [0.15, 0.2) is 42.5 Å². The lowest BCUT2D eigenvalue weighted by atomic mass is 9.99. The summed E-state index contributed by atoms with van der Waals surface area (Å²) in [5.74, 6) is -0.489. The SMILES string of the molecule is COC(=O)[C@@H](NC(C)CCc1ccc(OC)cc1)C(O)c1ccc(O)c(O)c1. The Kier molecular flexibility index (Phi) is 7.66. The molecule has 2 unspecified atom stereocenters. The molecule has 3 atom stereocenters. The fourth-order valence-corrected chi connectivity index (χ4v) is 2.90. The van der Waals surface area contributed by atoms with Crippen molar-refractivity contribution in [2.45, 2.75) is 38.0 Å². The number of aliphatic hydroxyl groups excluding tert-OH is 1. The minimum absolute atomic E-state index is 0.0911. The second-order valence-electron chi connectivity index (χ2n) is 6.65. The van der Waals surface area contributed by atoms with Crippen LogP contribution in [0.5, 0.6) is 17.2 Å². The zero-order valence-electron chi connectivity index (χ0n) is 16.3. The maximum Gasteiger partial charge on any atom is 0.325 e. The number of methoxy groups -OCH3 is 2. The summed E-state index contributed by atoms with van der Waals surface area (Å²) in [5, 5.41) is 32.8. The van der Waals surface area contributed by atoms with Gasteiger partial charge in [-0.3, -0.25) is 10.1 Å². The first-order valence-corrected chi connectivity index (χ1v) is 9.02. The Morgan fingerprint density at radius 2 is 1.75 bits per heavy atom. The predicted molar refractivity (Wildman–Crippen MR) is 104 cm³/mol. The number of carbonyl (C=O) groups excluding carboxylic acids is 1. The number of carbonyl (C=O) groups is 1. The van der Waals surface area contributed by atoms with Crippen molar-refractivity contribution < 1.29 is 29.6 Å². The van der Waals surface area contributed by atoms with Gasteiger partial charge in [-0.05, 0) is 55.2 Å². The zero-order valence-corrected chi connectivity index (χ0v) is 16.3. The van der Waals surface area contributed by atoms with Gasteiger partial charge in [0.15, 0.2) is 11.5 Å². The highest BCUT2D eigenvalue weighted by molar-refractivity contribution is 5.76. The average Bonchev–Trinajstić information content (AvgIpc) is 2.71. The summed E-state index contributed by atoms with van der Waals surface area (Å²) in [6, 6.07) is 10.6. The lowest BCUT2D eigenvalue weighted by Crippen LogP contribution is -2.46. The van der Waals surface area contributed by atoms with Crippen molar-refractivity contribution in [2.75, 3.05) is 14.2 Å². The summed E-state index contributed by atoms with van der Waals surface area (Å²) in [5.41, 5.74) is 1.42. The summed E-state index contributed by atoms with van der Waals surface area (Å²) in [7, 11) is 2.87. The molecule has 0 aliphatic heterocycles. The van der Waals surface area contributed by atoms with Gasteiger partial charge in [-0.2, -0.15) is 0 Å². The van der Waals surface area contributed by atoms with E-state index in [1.165, 1.54) is 25.3 Å². The fourth-order valence-electron chi connectivity index (χ4n) is 2.90. The van der Waals surface area contributed by atoms with E-state index in [4.69, 9.17) is 9.47 Å². The van der Waals surface area contributed by atoms with Gasteiger partial charge in [0.2, 0.25) is 0 Å². The van der Waals surface area contributed by atoms with Gasteiger partial charge in [0.05, 0.1) is 14.2 Å². The molecule has 152 valence electrons. The molecule has 2 aromatic carbocycles. The number of benzene rings is 2. The van der Waals surface area contributed by atoms with Gasteiger partial charge < -0.3 is 24.8 Å². The van der Waals surface area contributed by atoms with E-state index in [2.05, 4.69) is 5.32 Å². The molecule has 0 aliphatic rings. The Labute approximate surface area is 164 Å². The first kappa shape index (κ1) is 21.5. The number of rotatable bonds is 9. The molecule has 0 aromatic heterocycles. The topological polar surface area (TPSA) is 108 Å². The van der Waals surface area contributed by atoms with E-state index >= 15 is 0 Å². The molecule has 0 saturated carbocycles. The summed E-state index contributed by atoms with van der Waals surface area (Å²) >= 11 is 0. The summed E-state index contributed by atoms with van der Waals surface area (Å²) in [4.78, 5) is 12.2. The van der Waals surface area contributed by atoms with E-state index in [0.29, 0.717) is 5.56 Å². The number of esters is 1. The van der Waals surface area contributed by atoms with E-state index in [1.807, 2.05) is 31.2 Å². The van der Waals surface area contributed by atoms with Crippen LogP contribution in [0.1, 0.15) is 30.6 Å². The molecular weight excluding hydrogens is 362 g/mol. The molecule has 2 aromatic rings. The molecule has 0 spiro atoms. The number of ether oxygens (including phenoxy) is 2. The summed E-state index contributed by atoms with van der Waals surface area (Å²) in [6.45, 7) is 1.92. The van der Waals surface area contributed by atoms with E-state index in [0.717, 1.165) is 24.2 Å². The number of aryl methyl sites for hydroxylation is 1. The van der Waals surface area contributed by atoms with Gasteiger partial charge in [0, 0.05) is 6.04 Å². The quantitative estimate of drug-likeness (QED) is 0.385. The fraction of sp³-hybridized carbons (Fsp3) is 0.381. The van der Waals surface area contributed by atoms with Crippen molar-refractivity contribution in [1.82, 2.24) is 5.32 Å². The highest BCUT2D eigenvalue weighted by atomic mass is 16.5. The molecule has 4 N–H and O–H groups in total. The minimum Gasteiger partial charge on any atom is -0.504 e. The predicted octanol–water partition coefficient (Wildman–Crippen LogP) is 2.29. The van der Waals surface area contributed by atoms with Gasteiger partial charge in [-0.15, -0.1) is 0 Å². The standard InChI is InChI=1S/C21H27NO6/c1-13(4-5-14-6-9-16(27-2)10-7-14)22-19(21(26)28-3)20(25)15-8-11-17(23)18(24)12-15/h6-13,19-20,22-25H,4-5H2,1-3H3/t13?,19-,20?/m0/s1. The van der Waals surface area contributed by atoms with Crippen molar-refractivity contribution in [3.05, 3.63) is 53.6 Å². The molecule has 0 amide bonds.